The fourth-order valence-corrected chi connectivity index (χ4v) is 2.92. The second-order valence-corrected chi connectivity index (χ2v) is 6.48. The van der Waals surface area contributed by atoms with Gasteiger partial charge in [-0.1, -0.05) is 37.3 Å². The summed E-state index contributed by atoms with van der Waals surface area (Å²) >= 11 is 0. The smallest absolute Gasteiger partial charge is 0.269 e. The molecule has 6 nitrogen and oxygen atoms in total. The van der Waals surface area contributed by atoms with Gasteiger partial charge in [0, 0.05) is 31.1 Å². The highest BCUT2D eigenvalue weighted by molar-refractivity contribution is 5.99. The van der Waals surface area contributed by atoms with E-state index in [1.807, 2.05) is 37.3 Å². The van der Waals surface area contributed by atoms with Crippen molar-refractivity contribution in [3.8, 4) is 0 Å². The topological polar surface area (TPSA) is 84.2 Å². The van der Waals surface area contributed by atoms with Crippen molar-refractivity contribution in [3.05, 3.63) is 53.3 Å². The average Bonchev–Trinajstić information content (AvgIpc) is 3.24. The number of aliphatic hydroxyl groups is 1. The van der Waals surface area contributed by atoms with Crippen LogP contribution in [0.15, 0.2) is 36.4 Å². The number of nitrogens with zero attached hydrogens (tertiary/aromatic N) is 2. The van der Waals surface area contributed by atoms with E-state index in [-0.39, 0.29) is 36.3 Å². The molecule has 0 aliphatic heterocycles. The van der Waals surface area contributed by atoms with Crippen LogP contribution in [0, 0.1) is 5.92 Å². The van der Waals surface area contributed by atoms with Gasteiger partial charge in [0.15, 0.2) is 5.78 Å². The lowest BCUT2D eigenvalue weighted by molar-refractivity contribution is 0.0934. The van der Waals surface area contributed by atoms with E-state index in [1.54, 1.807) is 17.7 Å². The van der Waals surface area contributed by atoms with Crippen LogP contribution in [-0.4, -0.2) is 39.2 Å². The predicted octanol–water partition coefficient (Wildman–Crippen LogP) is 2.20. The molecule has 3 rings (SSSR count). The van der Waals surface area contributed by atoms with Gasteiger partial charge in [-0.05, 0) is 18.9 Å². The van der Waals surface area contributed by atoms with Crippen LogP contribution in [0.2, 0.25) is 0 Å². The molecule has 0 bridgehead atoms. The molecule has 1 fully saturated rings. The molecule has 0 saturated heterocycles. The molecule has 0 unspecified atom stereocenters. The summed E-state index contributed by atoms with van der Waals surface area (Å²) in [6, 6.07) is 11.1. The number of carbonyl (C=O) groups excluding carboxylic acids is 2. The molecule has 6 heteroatoms. The van der Waals surface area contributed by atoms with E-state index in [2.05, 4.69) is 10.4 Å². The minimum absolute atomic E-state index is 0.00166. The van der Waals surface area contributed by atoms with Gasteiger partial charge < -0.3 is 10.4 Å². The van der Waals surface area contributed by atoms with Crippen LogP contribution >= 0.6 is 0 Å². The Hall–Kier alpha value is -2.47. The van der Waals surface area contributed by atoms with Crippen LogP contribution in [0.4, 0.5) is 0 Å². The third kappa shape index (κ3) is 3.64. The van der Waals surface area contributed by atoms with Gasteiger partial charge in [-0.2, -0.15) is 5.10 Å². The lowest BCUT2D eigenvalue weighted by atomic mass is 10.1. The van der Waals surface area contributed by atoms with Crippen molar-refractivity contribution >= 4 is 11.7 Å². The first-order valence-corrected chi connectivity index (χ1v) is 8.64. The fourth-order valence-electron chi connectivity index (χ4n) is 2.92. The van der Waals surface area contributed by atoms with E-state index >= 15 is 0 Å². The summed E-state index contributed by atoms with van der Waals surface area (Å²) in [7, 11) is 0. The molecular weight excluding hydrogens is 318 g/mol. The lowest BCUT2D eigenvalue weighted by Crippen LogP contribution is -2.30. The van der Waals surface area contributed by atoms with Gasteiger partial charge in [0.2, 0.25) is 0 Å². The molecule has 25 heavy (non-hydrogen) atoms. The molecule has 1 saturated carbocycles. The summed E-state index contributed by atoms with van der Waals surface area (Å²) in [5, 5.41) is 16.5. The van der Waals surface area contributed by atoms with Crippen molar-refractivity contribution in [1.82, 2.24) is 15.1 Å². The van der Waals surface area contributed by atoms with Crippen molar-refractivity contribution in [1.29, 1.82) is 0 Å². The molecule has 0 radical (unpaired) electrons. The maximum atomic E-state index is 12.7. The Morgan fingerprint density at radius 2 is 2.08 bits per heavy atom. The Morgan fingerprint density at radius 1 is 1.36 bits per heavy atom. The Labute approximate surface area is 146 Å². The molecule has 1 aliphatic rings. The van der Waals surface area contributed by atoms with E-state index in [1.165, 1.54) is 0 Å². The maximum absolute atomic E-state index is 12.7. The van der Waals surface area contributed by atoms with Crippen LogP contribution in [-0.2, 0) is 0 Å². The molecule has 2 aromatic rings. The first kappa shape index (κ1) is 17.4. The fraction of sp³-hybridized carbons (Fsp3) is 0.421. The van der Waals surface area contributed by atoms with Crippen LogP contribution in [0.3, 0.4) is 0 Å². The largest absolute Gasteiger partial charge is 0.396 e. The SMILES string of the molecule is CCC(=O)c1cc(C(=O)N[C@H]2C[C@@H]2CO)n([C@@H](C)c2ccccc2)n1. The summed E-state index contributed by atoms with van der Waals surface area (Å²) in [6.07, 6.45) is 1.12. The number of ketones is 1. The van der Waals surface area contributed by atoms with Crippen LogP contribution in [0.5, 0.6) is 0 Å². The predicted molar refractivity (Wildman–Crippen MR) is 93.6 cm³/mol. The van der Waals surface area contributed by atoms with Gasteiger partial charge in [0.25, 0.3) is 5.91 Å². The second kappa shape index (κ2) is 7.19. The standard InChI is InChI=1S/C19H23N3O3/c1-3-18(24)16-10-17(19(25)20-15-9-14(15)11-23)22(21-16)12(2)13-7-5-4-6-8-13/h4-8,10,12,14-15,23H,3,9,11H2,1-2H3,(H,20,25)/t12-,14+,15-/m0/s1. The van der Waals surface area contributed by atoms with Gasteiger partial charge in [-0.25, -0.2) is 0 Å². The average molecular weight is 341 g/mol. The zero-order valence-electron chi connectivity index (χ0n) is 14.5. The summed E-state index contributed by atoms with van der Waals surface area (Å²) in [6.45, 7) is 3.80. The zero-order valence-corrected chi connectivity index (χ0v) is 14.5. The van der Waals surface area contributed by atoms with Gasteiger partial charge in [-0.3, -0.25) is 14.3 Å². The summed E-state index contributed by atoms with van der Waals surface area (Å²) in [5.41, 5.74) is 1.69. The quantitative estimate of drug-likeness (QED) is 0.756. The first-order chi connectivity index (χ1) is 12.0. The van der Waals surface area contributed by atoms with Gasteiger partial charge in [-0.15, -0.1) is 0 Å². The zero-order chi connectivity index (χ0) is 18.0. The van der Waals surface area contributed by atoms with E-state index in [0.717, 1.165) is 12.0 Å². The Bertz CT molecular complexity index is 769. The minimum atomic E-state index is -0.258. The van der Waals surface area contributed by atoms with E-state index < -0.39 is 0 Å². The number of aromatic nitrogens is 2. The summed E-state index contributed by atoms with van der Waals surface area (Å²) in [4.78, 5) is 24.7. The molecule has 2 N–H and O–H groups in total. The molecule has 132 valence electrons. The second-order valence-electron chi connectivity index (χ2n) is 6.48. The Kier molecular flexibility index (Phi) is 4.99. The highest BCUT2D eigenvalue weighted by atomic mass is 16.3. The molecule has 0 spiro atoms. The Balaban J connectivity index is 1.91. The summed E-state index contributed by atoms with van der Waals surface area (Å²) < 4.78 is 1.61. The number of rotatable bonds is 7. The number of nitrogens with one attached hydrogen (secondary N) is 1. The Morgan fingerprint density at radius 3 is 2.68 bits per heavy atom. The third-order valence-electron chi connectivity index (χ3n) is 4.70. The molecule has 1 aromatic heterocycles. The van der Waals surface area contributed by atoms with Crippen molar-refractivity contribution in [2.24, 2.45) is 5.92 Å². The third-order valence-corrected chi connectivity index (χ3v) is 4.70. The first-order valence-electron chi connectivity index (χ1n) is 8.64. The number of Topliss-reactive ketones (excluding diaryl/α,β-unsaturated/α-hetero) is 1. The van der Waals surface area contributed by atoms with Gasteiger partial charge in [0.1, 0.15) is 11.4 Å². The number of hydrogen-bond donors (Lipinski definition) is 2. The number of amides is 1. The number of benzene rings is 1. The minimum Gasteiger partial charge on any atom is -0.396 e. The van der Waals surface area contributed by atoms with Crippen molar-refractivity contribution < 1.29 is 14.7 Å². The van der Waals surface area contributed by atoms with E-state index in [0.29, 0.717) is 17.8 Å². The molecule has 1 aromatic carbocycles. The van der Waals surface area contributed by atoms with Crippen molar-refractivity contribution in [3.63, 3.8) is 0 Å². The van der Waals surface area contributed by atoms with Gasteiger partial charge in [0.05, 0.1) is 6.04 Å². The highest BCUT2D eigenvalue weighted by Gasteiger charge is 2.38. The number of carbonyl (C=O) groups is 2. The maximum Gasteiger partial charge on any atom is 0.269 e. The van der Waals surface area contributed by atoms with Crippen molar-refractivity contribution in [2.45, 2.75) is 38.8 Å². The van der Waals surface area contributed by atoms with E-state index in [9.17, 15) is 9.59 Å². The highest BCUT2D eigenvalue weighted by Crippen LogP contribution is 2.30. The number of aliphatic hydroxyl groups excluding tert-OH is 1. The monoisotopic (exact) mass is 341 g/mol. The normalized spacial score (nSPS) is 20.1. The molecular formula is C19H23N3O3. The molecule has 3 atom stereocenters. The molecule has 1 heterocycles. The number of hydrogen-bond acceptors (Lipinski definition) is 4. The van der Waals surface area contributed by atoms with Crippen LogP contribution < -0.4 is 5.32 Å². The van der Waals surface area contributed by atoms with E-state index in [4.69, 9.17) is 5.11 Å². The molecule has 1 amide bonds. The van der Waals surface area contributed by atoms with Crippen LogP contribution in [0.25, 0.3) is 0 Å². The van der Waals surface area contributed by atoms with Crippen LogP contribution in [0.1, 0.15) is 59.3 Å². The summed E-state index contributed by atoms with van der Waals surface area (Å²) in [5.74, 6) is -0.220. The van der Waals surface area contributed by atoms with Gasteiger partial charge >= 0.3 is 0 Å². The van der Waals surface area contributed by atoms with Crippen molar-refractivity contribution in [2.75, 3.05) is 6.61 Å². The lowest BCUT2D eigenvalue weighted by Gasteiger charge is -2.16. The molecule has 1 aliphatic carbocycles.